The molecule has 104 valence electrons. The van der Waals surface area contributed by atoms with Gasteiger partial charge in [-0.2, -0.15) is 0 Å². The molecule has 1 fully saturated rings. The van der Waals surface area contributed by atoms with Crippen molar-refractivity contribution in [2.24, 2.45) is 11.8 Å². The average molecular weight is 259 g/mol. The van der Waals surface area contributed by atoms with Crippen LogP contribution in [0.4, 0.5) is 5.69 Å². The molecule has 2 nitrogen and oxygen atoms in total. The molecule has 0 unspecified atom stereocenters. The minimum absolute atomic E-state index is 0.662. The highest BCUT2D eigenvalue weighted by Crippen LogP contribution is 2.33. The van der Waals surface area contributed by atoms with Gasteiger partial charge in [0.2, 0.25) is 0 Å². The summed E-state index contributed by atoms with van der Waals surface area (Å²) in [4.78, 5) is 0. The molecule has 1 saturated carbocycles. The van der Waals surface area contributed by atoms with E-state index in [-0.39, 0.29) is 0 Å². The second-order valence-corrected chi connectivity index (χ2v) is 6.42. The van der Waals surface area contributed by atoms with Gasteiger partial charge in [-0.1, -0.05) is 13.8 Å². The normalized spacial score (nSPS) is 26.1. The Balaban J connectivity index is 1.58. The van der Waals surface area contributed by atoms with Gasteiger partial charge in [-0.15, -0.1) is 0 Å². The summed E-state index contributed by atoms with van der Waals surface area (Å²) in [5.41, 5.74) is 2.64. The van der Waals surface area contributed by atoms with Gasteiger partial charge in [0.1, 0.15) is 5.75 Å². The zero-order valence-corrected chi connectivity index (χ0v) is 12.1. The summed E-state index contributed by atoms with van der Waals surface area (Å²) in [5.74, 6) is 2.86. The van der Waals surface area contributed by atoms with Crippen LogP contribution in [-0.2, 0) is 6.42 Å². The number of benzene rings is 1. The Kier molecular flexibility index (Phi) is 3.67. The highest BCUT2D eigenvalue weighted by Gasteiger charge is 2.23. The molecule has 0 saturated heterocycles. The molecule has 1 aliphatic heterocycles. The minimum atomic E-state index is 0.662. The van der Waals surface area contributed by atoms with Crippen molar-refractivity contribution in [3.63, 3.8) is 0 Å². The van der Waals surface area contributed by atoms with Crippen LogP contribution in [0.15, 0.2) is 18.2 Å². The summed E-state index contributed by atoms with van der Waals surface area (Å²) in [6.07, 6.45) is 6.45. The standard InChI is InChI=1S/C17H25NO/c1-12(2)13-3-5-15(6-4-13)18-16-7-8-17-14(11-16)9-10-19-17/h7-8,11-13,15,18H,3-6,9-10H2,1-2H3. The van der Waals surface area contributed by atoms with Gasteiger partial charge in [0.25, 0.3) is 0 Å². The van der Waals surface area contributed by atoms with Crippen LogP contribution in [0.1, 0.15) is 45.1 Å². The van der Waals surface area contributed by atoms with Crippen molar-refractivity contribution in [3.05, 3.63) is 23.8 Å². The van der Waals surface area contributed by atoms with Gasteiger partial charge >= 0.3 is 0 Å². The van der Waals surface area contributed by atoms with Gasteiger partial charge in [-0.3, -0.25) is 0 Å². The Morgan fingerprint density at radius 3 is 2.68 bits per heavy atom. The maximum atomic E-state index is 5.56. The first-order valence-electron chi connectivity index (χ1n) is 7.74. The monoisotopic (exact) mass is 259 g/mol. The van der Waals surface area contributed by atoms with Crippen LogP contribution in [-0.4, -0.2) is 12.6 Å². The van der Waals surface area contributed by atoms with Crippen LogP contribution >= 0.6 is 0 Å². The first-order valence-corrected chi connectivity index (χ1v) is 7.74. The van der Waals surface area contributed by atoms with Crippen molar-refractivity contribution < 1.29 is 4.74 Å². The second-order valence-electron chi connectivity index (χ2n) is 6.42. The molecular weight excluding hydrogens is 234 g/mol. The lowest BCUT2D eigenvalue weighted by molar-refractivity contribution is 0.267. The lowest BCUT2D eigenvalue weighted by Gasteiger charge is -2.32. The topological polar surface area (TPSA) is 21.3 Å². The van der Waals surface area contributed by atoms with Crippen molar-refractivity contribution in [3.8, 4) is 5.75 Å². The van der Waals surface area contributed by atoms with Crippen LogP contribution in [0.5, 0.6) is 5.75 Å². The molecule has 0 spiro atoms. The maximum absolute atomic E-state index is 5.56. The zero-order valence-electron chi connectivity index (χ0n) is 12.1. The van der Waals surface area contributed by atoms with Gasteiger partial charge in [0.05, 0.1) is 6.61 Å². The first-order chi connectivity index (χ1) is 9.22. The van der Waals surface area contributed by atoms with Crippen LogP contribution in [0.2, 0.25) is 0 Å². The summed E-state index contributed by atoms with van der Waals surface area (Å²) >= 11 is 0. The van der Waals surface area contributed by atoms with Crippen molar-refractivity contribution >= 4 is 5.69 Å². The molecule has 1 aliphatic carbocycles. The molecule has 3 rings (SSSR count). The van der Waals surface area contributed by atoms with Gasteiger partial charge < -0.3 is 10.1 Å². The summed E-state index contributed by atoms with van der Waals surface area (Å²) < 4.78 is 5.56. The zero-order chi connectivity index (χ0) is 13.2. The lowest BCUT2D eigenvalue weighted by Crippen LogP contribution is -2.27. The van der Waals surface area contributed by atoms with E-state index in [9.17, 15) is 0 Å². The van der Waals surface area contributed by atoms with E-state index in [2.05, 4.69) is 37.4 Å². The number of ether oxygens (including phenoxy) is 1. The molecule has 2 aliphatic rings. The quantitative estimate of drug-likeness (QED) is 0.876. The Bertz CT molecular complexity index is 433. The van der Waals surface area contributed by atoms with Crippen molar-refractivity contribution in [2.45, 2.75) is 52.0 Å². The molecule has 1 N–H and O–H groups in total. The van der Waals surface area contributed by atoms with Crippen molar-refractivity contribution in [2.75, 3.05) is 11.9 Å². The maximum Gasteiger partial charge on any atom is 0.122 e. The Morgan fingerprint density at radius 1 is 1.16 bits per heavy atom. The number of nitrogens with one attached hydrogen (secondary N) is 1. The second kappa shape index (κ2) is 5.44. The van der Waals surface area contributed by atoms with E-state index in [4.69, 9.17) is 4.74 Å². The number of fused-ring (bicyclic) bond motifs is 1. The van der Waals surface area contributed by atoms with Gasteiger partial charge in [-0.25, -0.2) is 0 Å². The van der Waals surface area contributed by atoms with Gasteiger partial charge in [-0.05, 0) is 61.3 Å². The van der Waals surface area contributed by atoms with E-state index in [0.29, 0.717) is 6.04 Å². The van der Waals surface area contributed by atoms with E-state index in [1.807, 2.05) is 0 Å². The highest BCUT2D eigenvalue weighted by molar-refractivity contribution is 5.53. The van der Waals surface area contributed by atoms with E-state index < -0.39 is 0 Å². The van der Waals surface area contributed by atoms with Crippen LogP contribution in [0, 0.1) is 11.8 Å². The first kappa shape index (κ1) is 12.8. The predicted molar refractivity (Wildman–Crippen MR) is 79.8 cm³/mol. The molecule has 0 amide bonds. The molecule has 0 radical (unpaired) electrons. The third-order valence-electron chi connectivity index (χ3n) is 4.77. The van der Waals surface area contributed by atoms with Crippen LogP contribution < -0.4 is 10.1 Å². The lowest BCUT2D eigenvalue weighted by atomic mass is 9.79. The third kappa shape index (κ3) is 2.88. The largest absolute Gasteiger partial charge is 0.493 e. The van der Waals surface area contributed by atoms with Crippen molar-refractivity contribution in [1.82, 2.24) is 0 Å². The molecule has 0 bridgehead atoms. The molecule has 2 heteroatoms. The number of hydrogen-bond donors (Lipinski definition) is 1. The summed E-state index contributed by atoms with van der Waals surface area (Å²) in [6.45, 7) is 5.57. The predicted octanol–water partition coefficient (Wildman–Crippen LogP) is 4.25. The van der Waals surface area contributed by atoms with E-state index >= 15 is 0 Å². The highest BCUT2D eigenvalue weighted by atomic mass is 16.5. The fourth-order valence-electron chi connectivity index (χ4n) is 3.44. The molecule has 0 atom stereocenters. The van der Waals surface area contributed by atoms with E-state index in [1.165, 1.54) is 36.9 Å². The molecule has 1 aromatic carbocycles. The number of anilines is 1. The Labute approximate surface area is 116 Å². The summed E-state index contributed by atoms with van der Waals surface area (Å²) in [5, 5.41) is 3.71. The third-order valence-corrected chi connectivity index (χ3v) is 4.77. The van der Waals surface area contributed by atoms with Gasteiger partial charge in [0.15, 0.2) is 0 Å². The van der Waals surface area contributed by atoms with Crippen LogP contribution in [0.3, 0.4) is 0 Å². The van der Waals surface area contributed by atoms with E-state index in [0.717, 1.165) is 30.6 Å². The Hall–Kier alpha value is -1.18. The van der Waals surface area contributed by atoms with E-state index in [1.54, 1.807) is 0 Å². The smallest absolute Gasteiger partial charge is 0.122 e. The summed E-state index contributed by atoms with van der Waals surface area (Å²) in [6, 6.07) is 7.22. The number of rotatable bonds is 3. The fraction of sp³-hybridized carbons (Fsp3) is 0.647. The van der Waals surface area contributed by atoms with Gasteiger partial charge in [0, 0.05) is 18.2 Å². The molecular formula is C17H25NO. The molecule has 0 aromatic heterocycles. The minimum Gasteiger partial charge on any atom is -0.493 e. The SMILES string of the molecule is CC(C)C1CCC(Nc2ccc3c(c2)CCO3)CC1. The molecule has 19 heavy (non-hydrogen) atoms. The van der Waals surface area contributed by atoms with Crippen molar-refractivity contribution in [1.29, 1.82) is 0 Å². The molecule has 1 heterocycles. The Morgan fingerprint density at radius 2 is 1.95 bits per heavy atom. The molecule has 1 aromatic rings. The van der Waals surface area contributed by atoms with Crippen LogP contribution in [0.25, 0.3) is 0 Å². The number of hydrogen-bond acceptors (Lipinski definition) is 2. The fourth-order valence-corrected chi connectivity index (χ4v) is 3.44. The average Bonchev–Trinajstić information content (AvgIpc) is 2.87. The summed E-state index contributed by atoms with van der Waals surface area (Å²) in [7, 11) is 0.